The molecule has 126 valence electrons. The zero-order valence-electron chi connectivity index (χ0n) is 13.6. The van der Waals surface area contributed by atoms with Crippen LogP contribution in [-0.4, -0.2) is 16.0 Å². The first-order valence-electron chi connectivity index (χ1n) is 7.54. The van der Waals surface area contributed by atoms with Gasteiger partial charge in [0.05, 0.1) is 15.5 Å². The molecule has 6 nitrogen and oxygen atoms in total. The van der Waals surface area contributed by atoms with E-state index in [4.69, 9.17) is 0 Å². The third-order valence-corrected chi connectivity index (χ3v) is 4.51. The number of thioether (sulfide) groups is 1. The molecule has 0 radical (unpaired) electrons. The van der Waals surface area contributed by atoms with Crippen LogP contribution in [0.5, 0.6) is 0 Å². The van der Waals surface area contributed by atoms with Gasteiger partial charge in [0.2, 0.25) is 0 Å². The number of benzene rings is 2. The van der Waals surface area contributed by atoms with Crippen molar-refractivity contribution < 1.29 is 9.72 Å². The van der Waals surface area contributed by atoms with Gasteiger partial charge in [0.1, 0.15) is 0 Å². The van der Waals surface area contributed by atoms with Crippen LogP contribution in [0.15, 0.2) is 52.4 Å². The lowest BCUT2D eigenvalue weighted by atomic mass is 10.1. The van der Waals surface area contributed by atoms with Gasteiger partial charge in [0, 0.05) is 12.1 Å². The van der Waals surface area contributed by atoms with Gasteiger partial charge in [0.15, 0.2) is 5.17 Å². The molecule has 2 aromatic carbocycles. The van der Waals surface area contributed by atoms with E-state index in [0.717, 1.165) is 16.8 Å². The van der Waals surface area contributed by atoms with Crippen molar-refractivity contribution in [3.8, 4) is 0 Å². The number of amides is 1. The van der Waals surface area contributed by atoms with Crippen LogP contribution in [0.1, 0.15) is 16.7 Å². The number of amidine groups is 1. The van der Waals surface area contributed by atoms with E-state index in [1.165, 1.54) is 23.9 Å². The number of aryl methyl sites for hydroxylation is 2. The molecule has 1 amide bonds. The fraction of sp³-hybridized carbons (Fsp3) is 0.111. The van der Waals surface area contributed by atoms with Crippen molar-refractivity contribution in [2.75, 3.05) is 0 Å². The molecule has 0 atom stereocenters. The van der Waals surface area contributed by atoms with Crippen molar-refractivity contribution in [1.82, 2.24) is 5.32 Å². The molecule has 0 bridgehead atoms. The summed E-state index contributed by atoms with van der Waals surface area (Å²) in [5, 5.41) is 14.1. The molecular weight excluding hydrogens is 338 g/mol. The maximum atomic E-state index is 12.1. The van der Waals surface area contributed by atoms with E-state index < -0.39 is 4.92 Å². The molecule has 0 saturated carbocycles. The van der Waals surface area contributed by atoms with Crippen LogP contribution in [0, 0.1) is 24.0 Å². The van der Waals surface area contributed by atoms with Crippen molar-refractivity contribution in [2.45, 2.75) is 13.8 Å². The quantitative estimate of drug-likeness (QED) is 0.511. The van der Waals surface area contributed by atoms with E-state index in [9.17, 15) is 14.9 Å². The van der Waals surface area contributed by atoms with Crippen LogP contribution in [-0.2, 0) is 4.79 Å². The normalized spacial score (nSPS) is 17.1. The number of carbonyl (C=O) groups excluding carboxylic acids is 1. The van der Waals surface area contributed by atoms with Gasteiger partial charge in [-0.2, -0.15) is 0 Å². The number of carbonyl (C=O) groups is 1. The Balaban J connectivity index is 1.86. The van der Waals surface area contributed by atoms with Crippen LogP contribution in [0.4, 0.5) is 11.4 Å². The number of non-ortho nitro benzene ring substituents is 1. The topological polar surface area (TPSA) is 84.6 Å². The van der Waals surface area contributed by atoms with Crippen molar-refractivity contribution in [3.63, 3.8) is 0 Å². The van der Waals surface area contributed by atoms with Gasteiger partial charge in [-0.25, -0.2) is 4.99 Å². The van der Waals surface area contributed by atoms with Crippen molar-refractivity contribution in [3.05, 3.63) is 74.2 Å². The highest BCUT2D eigenvalue weighted by Gasteiger charge is 2.24. The Bertz CT molecular complexity index is 935. The van der Waals surface area contributed by atoms with E-state index in [-0.39, 0.29) is 11.6 Å². The number of nitro groups is 1. The second-order valence-electron chi connectivity index (χ2n) is 5.62. The molecule has 0 unspecified atom stereocenters. The van der Waals surface area contributed by atoms with Crippen LogP contribution in [0.3, 0.4) is 0 Å². The summed E-state index contributed by atoms with van der Waals surface area (Å²) in [5.74, 6) is -0.264. The summed E-state index contributed by atoms with van der Waals surface area (Å²) in [6.45, 7) is 3.98. The molecule has 0 spiro atoms. The van der Waals surface area contributed by atoms with E-state index in [1.807, 2.05) is 32.0 Å². The second kappa shape index (κ2) is 6.90. The second-order valence-corrected chi connectivity index (χ2v) is 6.65. The largest absolute Gasteiger partial charge is 0.300 e. The minimum Gasteiger partial charge on any atom is -0.300 e. The summed E-state index contributed by atoms with van der Waals surface area (Å²) < 4.78 is 0. The third kappa shape index (κ3) is 3.95. The smallest absolute Gasteiger partial charge is 0.270 e. The predicted molar refractivity (Wildman–Crippen MR) is 99.8 cm³/mol. The lowest BCUT2D eigenvalue weighted by molar-refractivity contribution is -0.384. The Morgan fingerprint density at radius 1 is 1.20 bits per heavy atom. The Morgan fingerprint density at radius 2 is 2.00 bits per heavy atom. The number of hydrogen-bond acceptors (Lipinski definition) is 5. The molecule has 3 rings (SSSR count). The highest BCUT2D eigenvalue weighted by molar-refractivity contribution is 8.18. The van der Waals surface area contributed by atoms with Gasteiger partial charge in [-0.3, -0.25) is 14.9 Å². The zero-order valence-corrected chi connectivity index (χ0v) is 14.5. The fourth-order valence-electron chi connectivity index (χ4n) is 2.40. The van der Waals surface area contributed by atoms with Crippen molar-refractivity contribution in [2.24, 2.45) is 4.99 Å². The Morgan fingerprint density at radius 3 is 2.72 bits per heavy atom. The Hall–Kier alpha value is -2.93. The van der Waals surface area contributed by atoms with Crippen LogP contribution >= 0.6 is 11.8 Å². The van der Waals surface area contributed by atoms with E-state index in [0.29, 0.717) is 15.6 Å². The van der Waals surface area contributed by atoms with Crippen LogP contribution < -0.4 is 5.32 Å². The average molecular weight is 353 g/mol. The molecule has 2 aromatic rings. The van der Waals surface area contributed by atoms with E-state index >= 15 is 0 Å². The first-order valence-corrected chi connectivity index (χ1v) is 8.35. The van der Waals surface area contributed by atoms with Crippen LogP contribution in [0.2, 0.25) is 0 Å². The molecule has 1 fully saturated rings. The minimum absolute atomic E-state index is 0.0121. The standard InChI is InChI=1S/C18H15N3O3S/c1-11-6-7-15(12(2)8-11)19-18-20-17(22)16(25-18)10-13-4-3-5-14(9-13)21(23)24/h3-10H,1-2H3,(H,19,20,22)/b16-10-. The molecule has 1 saturated heterocycles. The minimum atomic E-state index is -0.461. The molecule has 1 heterocycles. The van der Waals surface area contributed by atoms with Gasteiger partial charge in [-0.05, 0) is 48.9 Å². The van der Waals surface area contributed by atoms with Gasteiger partial charge < -0.3 is 5.32 Å². The molecule has 0 aliphatic carbocycles. The van der Waals surface area contributed by atoms with Crippen molar-refractivity contribution >= 4 is 40.3 Å². The van der Waals surface area contributed by atoms with Crippen molar-refractivity contribution in [1.29, 1.82) is 0 Å². The van der Waals surface area contributed by atoms with Gasteiger partial charge in [0.25, 0.3) is 11.6 Å². The van der Waals surface area contributed by atoms with E-state index in [2.05, 4.69) is 10.3 Å². The van der Waals surface area contributed by atoms with Gasteiger partial charge in [-0.15, -0.1) is 0 Å². The highest BCUT2D eigenvalue weighted by Crippen LogP contribution is 2.29. The lowest BCUT2D eigenvalue weighted by Gasteiger charge is -2.02. The van der Waals surface area contributed by atoms with Crippen LogP contribution in [0.25, 0.3) is 6.08 Å². The number of nitro benzene ring substituents is 1. The number of rotatable bonds is 3. The lowest BCUT2D eigenvalue weighted by Crippen LogP contribution is -2.19. The zero-order chi connectivity index (χ0) is 18.0. The molecule has 1 aliphatic rings. The summed E-state index contributed by atoms with van der Waals surface area (Å²) in [6, 6.07) is 12.1. The Labute approximate surface area is 148 Å². The summed E-state index contributed by atoms with van der Waals surface area (Å²) >= 11 is 1.22. The maximum absolute atomic E-state index is 12.1. The summed E-state index contributed by atoms with van der Waals surface area (Å²) in [7, 11) is 0. The molecule has 0 aromatic heterocycles. The summed E-state index contributed by atoms with van der Waals surface area (Å²) in [4.78, 5) is 27.4. The fourth-order valence-corrected chi connectivity index (χ4v) is 3.24. The maximum Gasteiger partial charge on any atom is 0.270 e. The first-order chi connectivity index (χ1) is 11.9. The molecule has 7 heteroatoms. The number of nitrogens with one attached hydrogen (secondary N) is 1. The molecular formula is C18H15N3O3S. The Kier molecular flexibility index (Phi) is 4.67. The number of nitrogens with zero attached hydrogens (tertiary/aromatic N) is 2. The first kappa shape index (κ1) is 16.9. The monoisotopic (exact) mass is 353 g/mol. The van der Waals surface area contributed by atoms with Gasteiger partial charge in [-0.1, -0.05) is 29.8 Å². The molecule has 1 aliphatic heterocycles. The number of aliphatic imine (C=N–C) groups is 1. The number of hydrogen-bond donors (Lipinski definition) is 1. The highest BCUT2D eigenvalue weighted by atomic mass is 32.2. The average Bonchev–Trinajstić information content (AvgIpc) is 2.90. The SMILES string of the molecule is Cc1ccc(N=C2NC(=O)/C(=C/c3cccc([N+](=O)[O-])c3)S2)c(C)c1. The van der Waals surface area contributed by atoms with E-state index in [1.54, 1.807) is 18.2 Å². The molecule has 1 N–H and O–H groups in total. The summed E-state index contributed by atoms with van der Waals surface area (Å²) in [6.07, 6.45) is 1.62. The predicted octanol–water partition coefficient (Wildman–Crippen LogP) is 4.10. The van der Waals surface area contributed by atoms with Gasteiger partial charge >= 0.3 is 0 Å². The summed E-state index contributed by atoms with van der Waals surface area (Å²) in [5.41, 5.74) is 3.56. The third-order valence-electron chi connectivity index (χ3n) is 3.60. The molecule has 25 heavy (non-hydrogen) atoms.